The number of nitrogens with zero attached hydrogens (tertiary/aromatic N) is 1. The minimum absolute atomic E-state index is 0.0288. The Hall–Kier alpha value is -2.80. The predicted octanol–water partition coefficient (Wildman–Crippen LogP) is 3.67. The molecule has 0 bridgehead atoms. The van der Waals surface area contributed by atoms with Gasteiger partial charge in [-0.2, -0.15) is 5.26 Å². The van der Waals surface area contributed by atoms with Crippen molar-refractivity contribution in [3.8, 4) is 11.8 Å². The first-order valence-corrected chi connectivity index (χ1v) is 6.79. The van der Waals surface area contributed by atoms with Crippen LogP contribution in [-0.2, 0) is 9.53 Å². The summed E-state index contributed by atoms with van der Waals surface area (Å²) in [4.78, 5) is 11.9. The summed E-state index contributed by atoms with van der Waals surface area (Å²) in [6, 6.07) is 9.13. The number of hydrogen-bond donors (Lipinski definition) is 0. The molecule has 0 saturated heterocycles. The molecule has 0 radical (unpaired) electrons. The summed E-state index contributed by atoms with van der Waals surface area (Å²) in [5.41, 5.74) is 2.03. The summed E-state index contributed by atoms with van der Waals surface area (Å²) in [5.74, 6) is 0.0462. The molecule has 114 valence electrons. The summed E-state index contributed by atoms with van der Waals surface area (Å²) in [6.45, 7) is 3.73. The van der Waals surface area contributed by atoms with Gasteiger partial charge in [-0.05, 0) is 37.1 Å². The van der Waals surface area contributed by atoms with Crippen LogP contribution in [-0.4, -0.2) is 20.2 Å². The molecule has 0 spiro atoms. The molecule has 0 N–H and O–H groups in total. The van der Waals surface area contributed by atoms with E-state index < -0.39 is 5.97 Å². The van der Waals surface area contributed by atoms with E-state index in [1.807, 2.05) is 38.1 Å². The van der Waals surface area contributed by atoms with Crippen LogP contribution in [0.2, 0.25) is 0 Å². The smallest absolute Gasteiger partial charge is 0.349 e. The molecule has 4 nitrogen and oxygen atoms in total. The van der Waals surface area contributed by atoms with Crippen LogP contribution in [0, 0.1) is 11.3 Å². The van der Waals surface area contributed by atoms with Crippen molar-refractivity contribution in [3.05, 3.63) is 59.2 Å². The van der Waals surface area contributed by atoms with Crippen molar-refractivity contribution in [3.63, 3.8) is 0 Å². The van der Waals surface area contributed by atoms with Crippen LogP contribution in [0.5, 0.6) is 5.75 Å². The summed E-state index contributed by atoms with van der Waals surface area (Å²) >= 11 is 0. The van der Waals surface area contributed by atoms with Crippen molar-refractivity contribution >= 4 is 11.5 Å². The molecule has 0 aliphatic heterocycles. The topological polar surface area (TPSA) is 59.3 Å². The minimum atomic E-state index is -0.655. The fourth-order valence-electron chi connectivity index (χ4n) is 2.02. The third kappa shape index (κ3) is 3.86. The number of benzene rings is 1. The van der Waals surface area contributed by atoms with E-state index in [4.69, 9.17) is 9.47 Å². The zero-order chi connectivity index (χ0) is 16.5. The van der Waals surface area contributed by atoms with Crippen molar-refractivity contribution < 1.29 is 14.3 Å². The first-order chi connectivity index (χ1) is 10.6. The molecule has 0 fully saturated rings. The van der Waals surface area contributed by atoms with Gasteiger partial charge >= 0.3 is 5.97 Å². The normalized spacial score (nSPS) is 12.6. The van der Waals surface area contributed by atoms with Gasteiger partial charge in [-0.1, -0.05) is 30.4 Å². The second kappa shape index (κ2) is 8.48. The lowest BCUT2D eigenvalue weighted by atomic mass is 9.92. The van der Waals surface area contributed by atoms with Crippen LogP contribution in [0.3, 0.4) is 0 Å². The Morgan fingerprint density at radius 3 is 2.23 bits per heavy atom. The van der Waals surface area contributed by atoms with E-state index in [0.29, 0.717) is 11.3 Å². The Kier molecular flexibility index (Phi) is 6.65. The lowest BCUT2D eigenvalue weighted by Crippen LogP contribution is -2.07. The Balaban J connectivity index is 3.61. The first kappa shape index (κ1) is 17.3. The van der Waals surface area contributed by atoms with Crippen molar-refractivity contribution in [1.29, 1.82) is 5.26 Å². The van der Waals surface area contributed by atoms with E-state index in [-0.39, 0.29) is 5.57 Å². The van der Waals surface area contributed by atoms with Gasteiger partial charge in [-0.25, -0.2) is 4.79 Å². The second-order valence-electron chi connectivity index (χ2n) is 4.33. The van der Waals surface area contributed by atoms with Gasteiger partial charge in [0.15, 0.2) is 0 Å². The molecule has 0 aromatic heterocycles. The SMILES string of the molecule is C\C=C/C(=C\C)C(=C(/C#N)C(=O)OC)/c1ccc(OC)cc1. The van der Waals surface area contributed by atoms with Crippen molar-refractivity contribution in [2.45, 2.75) is 13.8 Å². The lowest BCUT2D eigenvalue weighted by molar-refractivity contribution is -0.135. The largest absolute Gasteiger partial charge is 0.497 e. The van der Waals surface area contributed by atoms with Crippen LogP contribution >= 0.6 is 0 Å². The summed E-state index contributed by atoms with van der Waals surface area (Å²) in [5, 5.41) is 9.39. The van der Waals surface area contributed by atoms with Crippen molar-refractivity contribution in [1.82, 2.24) is 0 Å². The summed E-state index contributed by atoms with van der Waals surface area (Å²) in [6.07, 6.45) is 5.55. The molecule has 0 unspecified atom stereocenters. The molecule has 0 atom stereocenters. The van der Waals surface area contributed by atoms with Gasteiger partial charge in [0, 0.05) is 5.57 Å². The van der Waals surface area contributed by atoms with E-state index in [0.717, 1.165) is 11.1 Å². The number of carbonyl (C=O) groups is 1. The van der Waals surface area contributed by atoms with Gasteiger partial charge in [-0.3, -0.25) is 0 Å². The van der Waals surface area contributed by atoms with Gasteiger partial charge in [0.1, 0.15) is 17.4 Å². The van der Waals surface area contributed by atoms with Gasteiger partial charge in [0.05, 0.1) is 14.2 Å². The summed E-state index contributed by atoms with van der Waals surface area (Å²) < 4.78 is 9.87. The molecular weight excluding hydrogens is 278 g/mol. The van der Waals surface area contributed by atoms with E-state index in [1.54, 1.807) is 31.4 Å². The molecule has 0 aliphatic rings. The number of allylic oxidation sites excluding steroid dienone is 5. The number of esters is 1. The minimum Gasteiger partial charge on any atom is -0.497 e. The van der Waals surface area contributed by atoms with Gasteiger partial charge in [-0.15, -0.1) is 0 Å². The first-order valence-electron chi connectivity index (χ1n) is 6.79. The van der Waals surface area contributed by atoms with Crippen LogP contribution < -0.4 is 4.74 Å². The van der Waals surface area contributed by atoms with E-state index in [1.165, 1.54) is 7.11 Å². The fraction of sp³-hybridized carbons (Fsp3) is 0.222. The lowest BCUT2D eigenvalue weighted by Gasteiger charge is -2.12. The maximum atomic E-state index is 11.9. The Labute approximate surface area is 131 Å². The van der Waals surface area contributed by atoms with Crippen molar-refractivity contribution in [2.75, 3.05) is 14.2 Å². The molecule has 0 saturated carbocycles. The zero-order valence-electron chi connectivity index (χ0n) is 13.2. The highest BCUT2D eigenvalue weighted by Gasteiger charge is 2.19. The number of methoxy groups -OCH3 is 2. The van der Waals surface area contributed by atoms with Crippen LogP contribution in [0.25, 0.3) is 5.57 Å². The zero-order valence-corrected chi connectivity index (χ0v) is 13.2. The molecule has 4 heteroatoms. The maximum Gasteiger partial charge on any atom is 0.349 e. The molecule has 1 rings (SSSR count). The highest BCUT2D eigenvalue weighted by Crippen LogP contribution is 2.29. The maximum absolute atomic E-state index is 11.9. The predicted molar refractivity (Wildman–Crippen MR) is 86.1 cm³/mol. The number of hydrogen-bond acceptors (Lipinski definition) is 4. The quantitative estimate of drug-likeness (QED) is 0.360. The van der Waals surface area contributed by atoms with Crippen molar-refractivity contribution in [2.24, 2.45) is 0 Å². The van der Waals surface area contributed by atoms with E-state index in [9.17, 15) is 10.1 Å². The number of nitriles is 1. The molecule has 22 heavy (non-hydrogen) atoms. The highest BCUT2D eigenvalue weighted by molar-refractivity contribution is 6.05. The Morgan fingerprint density at radius 1 is 1.18 bits per heavy atom. The fourth-order valence-corrected chi connectivity index (χ4v) is 2.02. The molecule has 1 aromatic carbocycles. The van der Waals surface area contributed by atoms with Crippen LogP contribution in [0.4, 0.5) is 0 Å². The molecule has 1 aromatic rings. The second-order valence-corrected chi connectivity index (χ2v) is 4.33. The third-order valence-electron chi connectivity index (χ3n) is 3.08. The van der Waals surface area contributed by atoms with E-state index >= 15 is 0 Å². The highest BCUT2D eigenvalue weighted by atomic mass is 16.5. The van der Waals surface area contributed by atoms with Gasteiger partial charge in [0.25, 0.3) is 0 Å². The molecule has 0 heterocycles. The average molecular weight is 297 g/mol. The summed E-state index contributed by atoms with van der Waals surface area (Å²) in [7, 11) is 2.84. The number of rotatable bonds is 5. The Morgan fingerprint density at radius 2 is 1.82 bits per heavy atom. The molecule has 0 amide bonds. The van der Waals surface area contributed by atoms with Crippen LogP contribution in [0.1, 0.15) is 19.4 Å². The monoisotopic (exact) mass is 297 g/mol. The van der Waals surface area contributed by atoms with Gasteiger partial charge in [0.2, 0.25) is 0 Å². The van der Waals surface area contributed by atoms with E-state index in [2.05, 4.69) is 0 Å². The van der Waals surface area contributed by atoms with Gasteiger partial charge < -0.3 is 9.47 Å². The molecular formula is C18H19NO3. The Bertz CT molecular complexity index is 659. The number of carbonyl (C=O) groups excluding carboxylic acids is 1. The number of ether oxygens (including phenoxy) is 2. The molecule has 0 aliphatic carbocycles. The average Bonchev–Trinajstić information content (AvgIpc) is 2.57. The third-order valence-corrected chi connectivity index (χ3v) is 3.08. The standard InChI is InChI=1S/C18H19NO3/c1-5-7-13(6-2)17(16(12-19)18(20)22-4)14-8-10-15(21-3)11-9-14/h5-11H,1-4H3/b7-5-,13-6+,17-16+. The van der Waals surface area contributed by atoms with Crippen LogP contribution in [0.15, 0.2) is 53.6 Å².